The minimum Gasteiger partial charge on any atom is -0.310 e. The Balaban J connectivity index is 1.74. The highest BCUT2D eigenvalue weighted by molar-refractivity contribution is 5.58. The van der Waals surface area contributed by atoms with Crippen molar-refractivity contribution in [3.8, 4) is 0 Å². The molecule has 2 fully saturated rings. The number of hydrogen-bond acceptors (Lipinski definition) is 1. The van der Waals surface area contributed by atoms with Gasteiger partial charge in [-0.05, 0) is 49.1 Å². The molecule has 2 aliphatic rings. The molecule has 1 aromatic carbocycles. The van der Waals surface area contributed by atoms with Gasteiger partial charge in [-0.1, -0.05) is 42.8 Å². The van der Waals surface area contributed by atoms with Crippen LogP contribution in [0.1, 0.15) is 56.1 Å². The van der Waals surface area contributed by atoms with E-state index in [0.29, 0.717) is 0 Å². The molecule has 0 aromatic heterocycles. The molecule has 0 bridgehead atoms. The molecule has 0 radical (unpaired) electrons. The highest BCUT2D eigenvalue weighted by Gasteiger charge is 2.25. The van der Waals surface area contributed by atoms with Crippen LogP contribution in [0.4, 0.5) is 0 Å². The van der Waals surface area contributed by atoms with Gasteiger partial charge in [-0.25, -0.2) is 0 Å². The summed E-state index contributed by atoms with van der Waals surface area (Å²) < 4.78 is 0. The molecule has 18 heavy (non-hydrogen) atoms. The third-order valence-corrected chi connectivity index (χ3v) is 4.02. The first kappa shape index (κ1) is 12.0. The smallest absolute Gasteiger partial charge is 0.0170 e. The lowest BCUT2D eigenvalue weighted by atomic mass is 10.00. The molecule has 0 unspecified atom stereocenters. The van der Waals surface area contributed by atoms with Crippen LogP contribution in [0.2, 0.25) is 0 Å². The minimum atomic E-state index is 0.804. The van der Waals surface area contributed by atoms with Crippen LogP contribution in [-0.2, 0) is 0 Å². The predicted octanol–water partition coefficient (Wildman–Crippen LogP) is 4.11. The zero-order chi connectivity index (χ0) is 12.4. The van der Waals surface area contributed by atoms with Crippen LogP contribution in [0, 0.1) is 0 Å². The van der Waals surface area contributed by atoms with Gasteiger partial charge in [-0.15, -0.1) is 0 Å². The van der Waals surface area contributed by atoms with E-state index in [1.807, 2.05) is 0 Å². The van der Waals surface area contributed by atoms with Crippen LogP contribution in [0.15, 0.2) is 29.8 Å². The Morgan fingerprint density at radius 1 is 1.22 bits per heavy atom. The van der Waals surface area contributed by atoms with Crippen molar-refractivity contribution in [1.29, 1.82) is 0 Å². The second kappa shape index (κ2) is 5.27. The van der Waals surface area contributed by atoms with Crippen LogP contribution in [0.5, 0.6) is 0 Å². The van der Waals surface area contributed by atoms with Gasteiger partial charge in [0, 0.05) is 12.6 Å². The Labute approximate surface area is 110 Å². The Hall–Kier alpha value is -1.08. The van der Waals surface area contributed by atoms with E-state index < -0.39 is 0 Å². The summed E-state index contributed by atoms with van der Waals surface area (Å²) in [5.41, 5.74) is 4.55. The lowest BCUT2D eigenvalue weighted by Crippen LogP contribution is -2.18. The summed E-state index contributed by atoms with van der Waals surface area (Å²) >= 11 is 0. The van der Waals surface area contributed by atoms with E-state index in [9.17, 15) is 0 Å². The normalized spacial score (nSPS) is 20.2. The maximum atomic E-state index is 3.62. The number of rotatable bonds is 6. The van der Waals surface area contributed by atoms with Gasteiger partial charge in [0.15, 0.2) is 0 Å². The van der Waals surface area contributed by atoms with Crippen molar-refractivity contribution in [3.63, 3.8) is 0 Å². The van der Waals surface area contributed by atoms with E-state index in [1.54, 1.807) is 5.56 Å². The lowest BCUT2D eigenvalue weighted by molar-refractivity contribution is 0.723. The summed E-state index contributed by atoms with van der Waals surface area (Å²) in [5, 5.41) is 3.62. The van der Waals surface area contributed by atoms with Gasteiger partial charge in [0.1, 0.15) is 0 Å². The Morgan fingerprint density at radius 3 is 2.67 bits per heavy atom. The predicted molar refractivity (Wildman–Crippen MR) is 77.7 cm³/mol. The highest BCUT2D eigenvalue weighted by Crippen LogP contribution is 2.42. The Bertz CT molecular complexity index is 439. The van der Waals surface area contributed by atoms with Gasteiger partial charge in [0.05, 0.1) is 0 Å². The summed E-state index contributed by atoms with van der Waals surface area (Å²) in [4.78, 5) is 0. The fraction of sp³-hybridized carbons (Fsp3) is 0.529. The van der Waals surface area contributed by atoms with Crippen molar-refractivity contribution >= 4 is 6.08 Å². The van der Waals surface area contributed by atoms with E-state index in [0.717, 1.165) is 24.9 Å². The van der Waals surface area contributed by atoms with Crippen molar-refractivity contribution in [3.05, 3.63) is 41.0 Å². The monoisotopic (exact) mass is 241 g/mol. The molecule has 1 heteroatoms. The topological polar surface area (TPSA) is 12.0 Å². The van der Waals surface area contributed by atoms with Crippen molar-refractivity contribution in [1.82, 2.24) is 5.32 Å². The molecule has 0 amide bonds. The molecule has 0 saturated heterocycles. The van der Waals surface area contributed by atoms with Gasteiger partial charge in [-0.2, -0.15) is 0 Å². The third-order valence-electron chi connectivity index (χ3n) is 4.02. The first-order valence-electron chi connectivity index (χ1n) is 7.38. The highest BCUT2D eigenvalue weighted by atomic mass is 14.9. The maximum Gasteiger partial charge on any atom is 0.0170 e. The van der Waals surface area contributed by atoms with Crippen LogP contribution < -0.4 is 5.32 Å². The van der Waals surface area contributed by atoms with Gasteiger partial charge in [0.2, 0.25) is 0 Å². The number of benzene rings is 1. The molecule has 1 nitrogen and oxygen atoms in total. The zero-order valence-electron chi connectivity index (χ0n) is 11.3. The first-order valence-corrected chi connectivity index (χ1v) is 7.38. The Morgan fingerprint density at radius 2 is 2.00 bits per heavy atom. The van der Waals surface area contributed by atoms with Crippen LogP contribution in [-0.4, -0.2) is 12.6 Å². The lowest BCUT2D eigenvalue weighted by Gasteiger charge is -2.09. The fourth-order valence-corrected chi connectivity index (χ4v) is 2.47. The van der Waals surface area contributed by atoms with Crippen molar-refractivity contribution in [2.75, 3.05) is 6.54 Å². The van der Waals surface area contributed by atoms with E-state index >= 15 is 0 Å². The summed E-state index contributed by atoms with van der Waals surface area (Å²) in [6.45, 7) is 3.33. The number of hydrogen-bond donors (Lipinski definition) is 1. The molecule has 1 aromatic rings. The largest absolute Gasteiger partial charge is 0.310 e. The van der Waals surface area contributed by atoms with Crippen molar-refractivity contribution in [2.24, 2.45) is 0 Å². The molecular weight excluding hydrogens is 218 g/mol. The molecular formula is C17H23N. The molecule has 0 spiro atoms. The summed E-state index contributed by atoms with van der Waals surface area (Å²) in [5.74, 6) is 0.840. The van der Waals surface area contributed by atoms with E-state index in [1.165, 1.54) is 36.8 Å². The molecule has 3 rings (SSSR count). The standard InChI is InChI=1S/C17H23N/c1-2-13(12-18-16-9-10-16)11-15-5-3-4-6-17(15)14-7-8-14/h3-6,11,14,16,18H,2,7-10,12H2,1H3. The molecule has 0 heterocycles. The molecule has 0 aliphatic heterocycles. The van der Waals surface area contributed by atoms with Gasteiger partial charge >= 0.3 is 0 Å². The summed E-state index contributed by atoms with van der Waals surface area (Å²) in [7, 11) is 0. The second-order valence-electron chi connectivity index (χ2n) is 5.71. The quantitative estimate of drug-likeness (QED) is 0.790. The summed E-state index contributed by atoms with van der Waals surface area (Å²) in [6.07, 6.45) is 9.08. The number of nitrogens with one attached hydrogen (secondary N) is 1. The average Bonchev–Trinajstić information content (AvgIpc) is 3.29. The molecule has 2 saturated carbocycles. The van der Waals surface area contributed by atoms with E-state index in [2.05, 4.69) is 42.6 Å². The van der Waals surface area contributed by atoms with Crippen molar-refractivity contribution < 1.29 is 0 Å². The SMILES string of the molecule is CCC(=Cc1ccccc1C1CC1)CNC1CC1. The Kier molecular flexibility index (Phi) is 3.51. The zero-order valence-corrected chi connectivity index (χ0v) is 11.3. The molecule has 0 atom stereocenters. The summed E-state index contributed by atoms with van der Waals surface area (Å²) in [6, 6.07) is 9.74. The molecule has 96 valence electrons. The first-order chi connectivity index (χ1) is 8.86. The van der Waals surface area contributed by atoms with Crippen LogP contribution in [0.25, 0.3) is 6.08 Å². The van der Waals surface area contributed by atoms with Gasteiger partial charge in [-0.3, -0.25) is 0 Å². The van der Waals surface area contributed by atoms with Crippen LogP contribution in [0.3, 0.4) is 0 Å². The van der Waals surface area contributed by atoms with Crippen molar-refractivity contribution in [2.45, 2.75) is 51.0 Å². The fourth-order valence-electron chi connectivity index (χ4n) is 2.47. The van der Waals surface area contributed by atoms with Gasteiger partial charge < -0.3 is 5.32 Å². The van der Waals surface area contributed by atoms with E-state index in [4.69, 9.17) is 0 Å². The van der Waals surface area contributed by atoms with Gasteiger partial charge in [0.25, 0.3) is 0 Å². The third kappa shape index (κ3) is 3.02. The molecule has 1 N–H and O–H groups in total. The average molecular weight is 241 g/mol. The minimum absolute atomic E-state index is 0.804. The van der Waals surface area contributed by atoms with Crippen LogP contribution >= 0.6 is 0 Å². The molecule has 2 aliphatic carbocycles. The second-order valence-corrected chi connectivity index (χ2v) is 5.71. The van der Waals surface area contributed by atoms with E-state index in [-0.39, 0.29) is 0 Å². The maximum absolute atomic E-state index is 3.62.